The van der Waals surface area contributed by atoms with Crippen LogP contribution in [-0.4, -0.2) is 9.97 Å². The van der Waals surface area contributed by atoms with Crippen LogP contribution in [0.2, 0.25) is 0 Å². The summed E-state index contributed by atoms with van der Waals surface area (Å²) < 4.78 is 0. The fourth-order valence-electron chi connectivity index (χ4n) is 1.28. The fourth-order valence-corrected chi connectivity index (χ4v) is 1.28. The van der Waals surface area contributed by atoms with E-state index in [4.69, 9.17) is 11.0 Å². The van der Waals surface area contributed by atoms with Gasteiger partial charge >= 0.3 is 0 Å². The lowest BCUT2D eigenvalue weighted by Gasteiger charge is -2.00. The van der Waals surface area contributed by atoms with E-state index in [-0.39, 0.29) is 5.95 Å². The highest BCUT2D eigenvalue weighted by atomic mass is 15.0. The summed E-state index contributed by atoms with van der Waals surface area (Å²) >= 11 is 0. The lowest BCUT2D eigenvalue weighted by Crippen LogP contribution is -1.95. The standard InChI is InChI=1S/C11H8N4/c12-7-8-2-1-3-9(6-8)10-4-5-14-11(13)15-10/h1-6H,(H2,13,14,15). The van der Waals surface area contributed by atoms with Gasteiger partial charge in [-0.2, -0.15) is 5.26 Å². The van der Waals surface area contributed by atoms with E-state index in [1.807, 2.05) is 12.1 Å². The van der Waals surface area contributed by atoms with Crippen molar-refractivity contribution in [1.29, 1.82) is 5.26 Å². The summed E-state index contributed by atoms with van der Waals surface area (Å²) in [5.41, 5.74) is 7.67. The molecule has 15 heavy (non-hydrogen) atoms. The summed E-state index contributed by atoms with van der Waals surface area (Å²) in [5, 5.41) is 8.76. The molecule has 0 bridgehead atoms. The van der Waals surface area contributed by atoms with Gasteiger partial charge in [-0.25, -0.2) is 9.97 Å². The van der Waals surface area contributed by atoms with E-state index >= 15 is 0 Å². The Morgan fingerprint density at radius 2 is 2.13 bits per heavy atom. The largest absolute Gasteiger partial charge is 0.368 e. The van der Waals surface area contributed by atoms with E-state index in [1.165, 1.54) is 0 Å². The number of hydrogen-bond acceptors (Lipinski definition) is 4. The highest BCUT2D eigenvalue weighted by Gasteiger charge is 2.00. The third-order valence-electron chi connectivity index (χ3n) is 1.96. The molecule has 2 aromatic rings. The summed E-state index contributed by atoms with van der Waals surface area (Å²) in [6, 6.07) is 11.0. The van der Waals surface area contributed by atoms with Crippen molar-refractivity contribution in [3.63, 3.8) is 0 Å². The minimum absolute atomic E-state index is 0.231. The summed E-state index contributed by atoms with van der Waals surface area (Å²) in [7, 11) is 0. The van der Waals surface area contributed by atoms with Crippen LogP contribution in [-0.2, 0) is 0 Å². The van der Waals surface area contributed by atoms with Crippen LogP contribution in [0.3, 0.4) is 0 Å². The molecular weight excluding hydrogens is 188 g/mol. The van der Waals surface area contributed by atoms with Gasteiger partial charge in [0.2, 0.25) is 5.95 Å². The van der Waals surface area contributed by atoms with Crippen molar-refractivity contribution in [1.82, 2.24) is 9.97 Å². The highest BCUT2D eigenvalue weighted by Crippen LogP contribution is 2.17. The molecule has 0 saturated heterocycles. The average molecular weight is 196 g/mol. The molecule has 72 valence electrons. The molecule has 2 N–H and O–H groups in total. The number of hydrogen-bond donors (Lipinski definition) is 1. The van der Waals surface area contributed by atoms with E-state index in [1.54, 1.807) is 24.4 Å². The quantitative estimate of drug-likeness (QED) is 0.751. The van der Waals surface area contributed by atoms with Gasteiger partial charge in [-0.05, 0) is 18.2 Å². The Labute approximate surface area is 87.0 Å². The number of rotatable bonds is 1. The first-order valence-corrected chi connectivity index (χ1v) is 4.38. The topological polar surface area (TPSA) is 75.6 Å². The molecule has 1 aromatic heterocycles. The van der Waals surface area contributed by atoms with Gasteiger partial charge in [0.05, 0.1) is 17.3 Å². The van der Waals surface area contributed by atoms with E-state index in [0.29, 0.717) is 5.56 Å². The summed E-state index contributed by atoms with van der Waals surface area (Å²) in [6.45, 7) is 0. The molecule has 0 unspecified atom stereocenters. The van der Waals surface area contributed by atoms with Crippen molar-refractivity contribution in [3.8, 4) is 17.3 Å². The van der Waals surface area contributed by atoms with E-state index < -0.39 is 0 Å². The molecule has 4 heteroatoms. The Bertz CT molecular complexity index is 528. The first-order valence-electron chi connectivity index (χ1n) is 4.38. The van der Waals surface area contributed by atoms with Crippen LogP contribution < -0.4 is 5.73 Å². The molecule has 0 amide bonds. The maximum absolute atomic E-state index is 8.76. The Morgan fingerprint density at radius 1 is 1.27 bits per heavy atom. The van der Waals surface area contributed by atoms with E-state index in [2.05, 4.69) is 16.0 Å². The Hall–Kier alpha value is -2.41. The number of nitrogen functional groups attached to an aromatic ring is 1. The lowest BCUT2D eigenvalue weighted by molar-refractivity contribution is 1.19. The second kappa shape index (κ2) is 3.76. The third kappa shape index (κ3) is 1.92. The van der Waals surface area contributed by atoms with Crippen molar-refractivity contribution in [2.45, 2.75) is 0 Å². The molecular formula is C11H8N4. The third-order valence-corrected chi connectivity index (χ3v) is 1.96. The van der Waals surface area contributed by atoms with Crippen molar-refractivity contribution < 1.29 is 0 Å². The summed E-state index contributed by atoms with van der Waals surface area (Å²) in [6.07, 6.45) is 1.59. The fraction of sp³-hybridized carbons (Fsp3) is 0. The first-order chi connectivity index (χ1) is 7.29. The van der Waals surface area contributed by atoms with Gasteiger partial charge in [0, 0.05) is 11.8 Å². The number of nitriles is 1. The lowest BCUT2D eigenvalue weighted by atomic mass is 10.1. The van der Waals surface area contributed by atoms with Gasteiger partial charge in [0.1, 0.15) is 0 Å². The van der Waals surface area contributed by atoms with Crippen LogP contribution in [0.5, 0.6) is 0 Å². The normalized spacial score (nSPS) is 9.53. The van der Waals surface area contributed by atoms with Gasteiger partial charge in [0.25, 0.3) is 0 Å². The number of anilines is 1. The van der Waals surface area contributed by atoms with E-state index in [0.717, 1.165) is 11.3 Å². The second-order valence-corrected chi connectivity index (χ2v) is 2.99. The van der Waals surface area contributed by atoms with Crippen molar-refractivity contribution >= 4 is 5.95 Å². The molecule has 0 atom stereocenters. The van der Waals surface area contributed by atoms with Gasteiger partial charge in [-0.15, -0.1) is 0 Å². The number of nitrogens with zero attached hydrogens (tertiary/aromatic N) is 3. The maximum Gasteiger partial charge on any atom is 0.220 e. The van der Waals surface area contributed by atoms with Crippen molar-refractivity contribution in [2.75, 3.05) is 5.73 Å². The Morgan fingerprint density at radius 3 is 2.87 bits per heavy atom. The molecule has 0 aliphatic heterocycles. The molecule has 0 saturated carbocycles. The molecule has 4 nitrogen and oxygen atoms in total. The Kier molecular flexibility index (Phi) is 2.30. The van der Waals surface area contributed by atoms with Crippen LogP contribution in [0.25, 0.3) is 11.3 Å². The van der Waals surface area contributed by atoms with Crippen LogP contribution >= 0.6 is 0 Å². The zero-order valence-electron chi connectivity index (χ0n) is 7.88. The van der Waals surface area contributed by atoms with Crippen LogP contribution in [0.1, 0.15) is 5.56 Å². The molecule has 1 heterocycles. The molecule has 0 aliphatic carbocycles. The van der Waals surface area contributed by atoms with Crippen molar-refractivity contribution in [3.05, 3.63) is 42.1 Å². The second-order valence-electron chi connectivity index (χ2n) is 2.99. The van der Waals surface area contributed by atoms with Crippen LogP contribution in [0.4, 0.5) is 5.95 Å². The van der Waals surface area contributed by atoms with Gasteiger partial charge in [-0.1, -0.05) is 12.1 Å². The zero-order valence-corrected chi connectivity index (χ0v) is 7.88. The molecule has 0 spiro atoms. The molecule has 2 rings (SSSR count). The van der Waals surface area contributed by atoms with Gasteiger partial charge in [0.15, 0.2) is 0 Å². The molecule has 0 radical (unpaired) electrons. The predicted molar refractivity (Wildman–Crippen MR) is 56.6 cm³/mol. The number of benzene rings is 1. The zero-order chi connectivity index (χ0) is 10.7. The van der Waals surface area contributed by atoms with Crippen LogP contribution in [0.15, 0.2) is 36.5 Å². The number of aromatic nitrogens is 2. The smallest absolute Gasteiger partial charge is 0.220 e. The Balaban J connectivity index is 2.50. The minimum atomic E-state index is 0.231. The monoisotopic (exact) mass is 196 g/mol. The molecule has 1 aromatic carbocycles. The highest BCUT2D eigenvalue weighted by molar-refractivity contribution is 5.61. The predicted octanol–water partition coefficient (Wildman–Crippen LogP) is 1.60. The summed E-state index contributed by atoms with van der Waals surface area (Å²) in [5.74, 6) is 0.231. The van der Waals surface area contributed by atoms with Gasteiger partial charge < -0.3 is 5.73 Å². The molecule has 0 fully saturated rings. The van der Waals surface area contributed by atoms with Crippen LogP contribution in [0, 0.1) is 11.3 Å². The minimum Gasteiger partial charge on any atom is -0.368 e. The molecule has 0 aliphatic rings. The SMILES string of the molecule is N#Cc1cccc(-c2ccnc(N)n2)c1. The van der Waals surface area contributed by atoms with Gasteiger partial charge in [-0.3, -0.25) is 0 Å². The van der Waals surface area contributed by atoms with E-state index in [9.17, 15) is 0 Å². The average Bonchev–Trinajstić information content (AvgIpc) is 2.29. The van der Waals surface area contributed by atoms with Crippen molar-refractivity contribution in [2.24, 2.45) is 0 Å². The first kappa shape index (κ1) is 9.16. The summed E-state index contributed by atoms with van der Waals surface area (Å²) in [4.78, 5) is 7.89. The maximum atomic E-state index is 8.76. The number of nitrogens with two attached hydrogens (primary N) is 1.